The van der Waals surface area contributed by atoms with Crippen molar-refractivity contribution in [1.29, 1.82) is 0 Å². The lowest BCUT2D eigenvalue weighted by Gasteiger charge is -2.16. The molecule has 1 atom stereocenters. The number of amides is 1. The molecular formula is C15H9F3N2O3. The molecule has 0 aromatic heterocycles. The highest BCUT2D eigenvalue weighted by Crippen LogP contribution is 2.44. The maximum absolute atomic E-state index is 12.5. The van der Waals surface area contributed by atoms with E-state index in [-0.39, 0.29) is 11.3 Å². The molecule has 0 fully saturated rings. The second kappa shape index (κ2) is 5.08. The third-order valence-corrected chi connectivity index (χ3v) is 3.65. The number of hydrogen-bond acceptors (Lipinski definition) is 3. The van der Waals surface area contributed by atoms with Crippen LogP contribution < -0.4 is 5.32 Å². The molecule has 1 unspecified atom stereocenters. The lowest BCUT2D eigenvalue weighted by atomic mass is 10.0. The normalized spacial score (nSPS) is 15.7. The molecule has 23 heavy (non-hydrogen) atoms. The van der Waals surface area contributed by atoms with Crippen LogP contribution in [0.1, 0.15) is 17.2 Å². The van der Waals surface area contributed by atoms with E-state index in [1.807, 2.05) is 5.32 Å². The lowest BCUT2D eigenvalue weighted by molar-refractivity contribution is -0.384. The van der Waals surface area contributed by atoms with Gasteiger partial charge >= 0.3 is 12.1 Å². The molecule has 0 aliphatic heterocycles. The van der Waals surface area contributed by atoms with E-state index in [1.54, 1.807) is 24.3 Å². The molecule has 1 amide bonds. The molecule has 2 aromatic carbocycles. The van der Waals surface area contributed by atoms with Gasteiger partial charge < -0.3 is 5.32 Å². The van der Waals surface area contributed by atoms with E-state index in [0.29, 0.717) is 16.7 Å². The van der Waals surface area contributed by atoms with Gasteiger partial charge in [-0.1, -0.05) is 24.3 Å². The van der Waals surface area contributed by atoms with Crippen molar-refractivity contribution in [2.45, 2.75) is 12.2 Å². The minimum Gasteiger partial charge on any atom is -0.337 e. The van der Waals surface area contributed by atoms with Crippen LogP contribution in [0.3, 0.4) is 0 Å². The molecule has 0 heterocycles. The van der Waals surface area contributed by atoms with Crippen LogP contribution >= 0.6 is 0 Å². The van der Waals surface area contributed by atoms with Gasteiger partial charge in [0.05, 0.1) is 11.0 Å². The number of alkyl halides is 3. The molecule has 118 valence electrons. The van der Waals surface area contributed by atoms with E-state index < -0.39 is 23.0 Å². The van der Waals surface area contributed by atoms with E-state index in [0.717, 1.165) is 0 Å². The summed E-state index contributed by atoms with van der Waals surface area (Å²) in [6, 6.07) is 9.49. The third kappa shape index (κ3) is 2.52. The fourth-order valence-electron chi connectivity index (χ4n) is 2.68. The summed E-state index contributed by atoms with van der Waals surface area (Å²) in [6.07, 6.45) is -5.03. The first kappa shape index (κ1) is 15.0. The van der Waals surface area contributed by atoms with E-state index >= 15 is 0 Å². The molecule has 0 saturated heterocycles. The molecule has 1 aliphatic rings. The Balaban J connectivity index is 2.11. The van der Waals surface area contributed by atoms with Crippen LogP contribution in [0.25, 0.3) is 11.1 Å². The van der Waals surface area contributed by atoms with E-state index in [1.165, 1.54) is 18.2 Å². The van der Waals surface area contributed by atoms with Crippen LogP contribution in [0.2, 0.25) is 0 Å². The summed E-state index contributed by atoms with van der Waals surface area (Å²) in [5.74, 6) is -2.09. The Morgan fingerprint density at radius 3 is 2.39 bits per heavy atom. The zero-order valence-electron chi connectivity index (χ0n) is 11.4. The van der Waals surface area contributed by atoms with Crippen molar-refractivity contribution >= 4 is 11.6 Å². The number of carbonyl (C=O) groups is 1. The van der Waals surface area contributed by atoms with E-state index in [4.69, 9.17) is 0 Å². The third-order valence-electron chi connectivity index (χ3n) is 3.65. The van der Waals surface area contributed by atoms with Crippen molar-refractivity contribution in [1.82, 2.24) is 5.32 Å². The van der Waals surface area contributed by atoms with Crippen LogP contribution in [0.15, 0.2) is 42.5 Å². The summed E-state index contributed by atoms with van der Waals surface area (Å²) in [6.45, 7) is 0. The summed E-state index contributed by atoms with van der Waals surface area (Å²) in [7, 11) is 0. The monoisotopic (exact) mass is 322 g/mol. The van der Waals surface area contributed by atoms with Gasteiger partial charge in [0, 0.05) is 12.1 Å². The molecule has 2 aromatic rings. The van der Waals surface area contributed by atoms with Gasteiger partial charge in [0.1, 0.15) is 0 Å². The Kier molecular flexibility index (Phi) is 3.32. The molecule has 0 saturated carbocycles. The van der Waals surface area contributed by atoms with E-state index in [2.05, 4.69) is 0 Å². The molecule has 3 rings (SSSR count). The lowest BCUT2D eigenvalue weighted by Crippen LogP contribution is -2.38. The molecular weight excluding hydrogens is 313 g/mol. The van der Waals surface area contributed by atoms with Crippen molar-refractivity contribution in [2.24, 2.45) is 0 Å². The number of benzene rings is 2. The predicted octanol–water partition coefficient (Wildman–Crippen LogP) is 3.34. The topological polar surface area (TPSA) is 72.2 Å². The molecule has 5 nitrogen and oxygen atoms in total. The van der Waals surface area contributed by atoms with Crippen LogP contribution in [-0.4, -0.2) is 17.0 Å². The van der Waals surface area contributed by atoms with Gasteiger partial charge in [-0.3, -0.25) is 14.9 Å². The summed E-state index contributed by atoms with van der Waals surface area (Å²) in [5, 5.41) is 12.8. The van der Waals surface area contributed by atoms with Crippen LogP contribution in [0.5, 0.6) is 0 Å². The largest absolute Gasteiger partial charge is 0.471 e. The van der Waals surface area contributed by atoms with Gasteiger partial charge in [-0.2, -0.15) is 13.2 Å². The zero-order valence-corrected chi connectivity index (χ0v) is 11.4. The highest BCUT2D eigenvalue weighted by atomic mass is 19.4. The second-order valence-electron chi connectivity index (χ2n) is 5.02. The SMILES string of the molecule is O=C(NC1c2ccccc2-c2ccc([N+](=O)[O-])cc21)C(F)(F)F. The summed E-state index contributed by atoms with van der Waals surface area (Å²) < 4.78 is 37.6. The number of carbonyl (C=O) groups excluding carboxylic acids is 1. The minimum atomic E-state index is -5.03. The fourth-order valence-corrected chi connectivity index (χ4v) is 2.68. The molecule has 0 radical (unpaired) electrons. The van der Waals surface area contributed by atoms with Gasteiger partial charge in [-0.05, 0) is 28.3 Å². The van der Waals surface area contributed by atoms with Gasteiger partial charge in [-0.25, -0.2) is 0 Å². The Hall–Kier alpha value is -2.90. The fraction of sp³-hybridized carbons (Fsp3) is 0.133. The number of halogens is 3. The number of hydrogen-bond donors (Lipinski definition) is 1. The van der Waals surface area contributed by atoms with Gasteiger partial charge in [0.25, 0.3) is 5.69 Å². The average Bonchev–Trinajstić information content (AvgIpc) is 2.80. The number of nitrogens with zero attached hydrogens (tertiary/aromatic N) is 1. The van der Waals surface area contributed by atoms with Crippen LogP contribution in [-0.2, 0) is 4.79 Å². The average molecular weight is 322 g/mol. The van der Waals surface area contributed by atoms with Crippen molar-refractivity contribution in [3.8, 4) is 11.1 Å². The van der Waals surface area contributed by atoms with Crippen LogP contribution in [0.4, 0.5) is 18.9 Å². The highest BCUT2D eigenvalue weighted by Gasteiger charge is 2.42. The maximum atomic E-state index is 12.5. The first-order valence-electron chi connectivity index (χ1n) is 6.54. The standard InChI is InChI=1S/C15H9F3N2O3/c16-15(17,18)14(21)19-13-11-4-2-1-3-9(11)10-6-5-8(20(22)23)7-12(10)13/h1-7,13H,(H,19,21). The van der Waals surface area contributed by atoms with Crippen molar-refractivity contribution in [3.05, 3.63) is 63.7 Å². The Morgan fingerprint density at radius 2 is 1.74 bits per heavy atom. The second-order valence-corrected chi connectivity index (χ2v) is 5.02. The summed E-state index contributed by atoms with van der Waals surface area (Å²) in [5.41, 5.74) is 1.71. The predicted molar refractivity (Wildman–Crippen MR) is 74.6 cm³/mol. The number of nitro benzene ring substituents is 1. The Labute approximate surface area is 127 Å². The van der Waals surface area contributed by atoms with Gasteiger partial charge in [-0.15, -0.1) is 0 Å². The number of nitro groups is 1. The summed E-state index contributed by atoms with van der Waals surface area (Å²) >= 11 is 0. The summed E-state index contributed by atoms with van der Waals surface area (Å²) in [4.78, 5) is 21.6. The first-order chi connectivity index (χ1) is 10.8. The van der Waals surface area contributed by atoms with E-state index in [9.17, 15) is 28.1 Å². The highest BCUT2D eigenvalue weighted by molar-refractivity contribution is 5.86. The quantitative estimate of drug-likeness (QED) is 0.681. The van der Waals surface area contributed by atoms with Crippen LogP contribution in [0, 0.1) is 10.1 Å². The Morgan fingerprint density at radius 1 is 1.09 bits per heavy atom. The van der Waals surface area contributed by atoms with Gasteiger partial charge in [0.15, 0.2) is 0 Å². The number of non-ortho nitro benzene ring substituents is 1. The maximum Gasteiger partial charge on any atom is 0.471 e. The zero-order chi connectivity index (χ0) is 16.8. The first-order valence-corrected chi connectivity index (χ1v) is 6.54. The Bertz CT molecular complexity index is 818. The van der Waals surface area contributed by atoms with Gasteiger partial charge in [0.2, 0.25) is 0 Å². The molecule has 1 aliphatic carbocycles. The molecule has 8 heteroatoms. The number of fused-ring (bicyclic) bond motifs is 3. The molecule has 1 N–H and O–H groups in total. The number of rotatable bonds is 2. The van der Waals surface area contributed by atoms with Crippen molar-refractivity contribution in [2.75, 3.05) is 0 Å². The molecule has 0 bridgehead atoms. The van der Waals surface area contributed by atoms with Crippen molar-refractivity contribution in [3.63, 3.8) is 0 Å². The number of nitrogens with one attached hydrogen (secondary N) is 1. The smallest absolute Gasteiger partial charge is 0.337 e. The van der Waals surface area contributed by atoms with Crippen molar-refractivity contribution < 1.29 is 22.9 Å². The molecule has 0 spiro atoms. The minimum absolute atomic E-state index is 0.247.